The van der Waals surface area contributed by atoms with Crippen molar-refractivity contribution in [2.75, 3.05) is 11.5 Å². The highest BCUT2D eigenvalue weighted by Crippen LogP contribution is 2.50. The molecule has 2 aliphatic rings. The van der Waals surface area contributed by atoms with Crippen molar-refractivity contribution in [2.45, 2.75) is 39.5 Å². The zero-order valence-electron chi connectivity index (χ0n) is 22.6. The maximum atomic E-state index is 6.24. The summed E-state index contributed by atoms with van der Waals surface area (Å²) in [7, 11) is 0. The van der Waals surface area contributed by atoms with E-state index < -0.39 is 0 Å². The molecular formula is C36H34N2. The van der Waals surface area contributed by atoms with Crippen LogP contribution in [-0.4, -0.2) is 0 Å². The van der Waals surface area contributed by atoms with Crippen molar-refractivity contribution < 1.29 is 0 Å². The van der Waals surface area contributed by atoms with Crippen LogP contribution in [0.2, 0.25) is 0 Å². The molecule has 0 amide bonds. The number of nitrogen functional groups attached to an aromatic ring is 2. The van der Waals surface area contributed by atoms with Gasteiger partial charge in [0, 0.05) is 23.2 Å². The molecule has 188 valence electrons. The molecule has 0 heterocycles. The number of hydrogen-bond donors (Lipinski definition) is 2. The monoisotopic (exact) mass is 494 g/mol. The standard InChI is InChI=1S/C36H34N2/c1-20-10-11-25(30-14-23(4)34(37)16-21(30)2)18-32-27-8-6-7-9-29(27)36(20)33-19-26(12-13-28(32)33)31-15-24(5)35(38)17-22(31)3/h6-19,32,36H,1,37-38H2,2-5H3/b11-10-,25-18+. The molecule has 2 unspecified atom stereocenters. The van der Waals surface area contributed by atoms with E-state index in [0.29, 0.717) is 0 Å². The van der Waals surface area contributed by atoms with Crippen molar-refractivity contribution in [3.05, 3.63) is 147 Å². The Bertz CT molecular complexity index is 1700. The van der Waals surface area contributed by atoms with Gasteiger partial charge in [-0.2, -0.15) is 0 Å². The number of benzene rings is 4. The lowest BCUT2D eigenvalue weighted by Gasteiger charge is -2.34. The summed E-state index contributed by atoms with van der Waals surface area (Å²) in [6.07, 6.45) is 6.88. The Morgan fingerprint density at radius 2 is 1.21 bits per heavy atom. The molecule has 0 spiro atoms. The number of hydrogen-bond acceptors (Lipinski definition) is 2. The van der Waals surface area contributed by atoms with E-state index in [4.69, 9.17) is 11.5 Å². The van der Waals surface area contributed by atoms with E-state index in [-0.39, 0.29) is 11.8 Å². The molecule has 0 saturated carbocycles. The summed E-state index contributed by atoms with van der Waals surface area (Å²) < 4.78 is 0. The highest BCUT2D eigenvalue weighted by Gasteiger charge is 2.33. The van der Waals surface area contributed by atoms with E-state index in [2.05, 4.69) is 119 Å². The van der Waals surface area contributed by atoms with Crippen LogP contribution in [0.1, 0.15) is 61.9 Å². The van der Waals surface area contributed by atoms with E-state index in [1.165, 1.54) is 55.6 Å². The molecule has 2 atom stereocenters. The molecule has 4 aromatic carbocycles. The third kappa shape index (κ3) is 3.80. The van der Waals surface area contributed by atoms with Crippen molar-refractivity contribution >= 4 is 16.9 Å². The van der Waals surface area contributed by atoms with Crippen LogP contribution in [0.15, 0.2) is 97.1 Å². The second-order valence-corrected chi connectivity index (χ2v) is 11.0. The molecule has 0 aromatic heterocycles. The van der Waals surface area contributed by atoms with Crippen LogP contribution in [0.3, 0.4) is 0 Å². The molecule has 2 heteroatoms. The minimum atomic E-state index is 0.103. The van der Waals surface area contributed by atoms with Crippen molar-refractivity contribution in [1.29, 1.82) is 0 Å². The summed E-state index contributed by atoms with van der Waals surface area (Å²) in [6, 6.07) is 24.5. The number of nitrogens with two attached hydrogens (primary N) is 2. The predicted octanol–water partition coefficient (Wildman–Crippen LogP) is 8.54. The highest BCUT2D eigenvalue weighted by atomic mass is 14.6. The third-order valence-corrected chi connectivity index (χ3v) is 8.42. The van der Waals surface area contributed by atoms with Crippen LogP contribution in [-0.2, 0) is 0 Å². The molecule has 0 saturated heterocycles. The van der Waals surface area contributed by atoms with Crippen molar-refractivity contribution in [3.63, 3.8) is 0 Å². The van der Waals surface area contributed by atoms with Crippen LogP contribution in [0.25, 0.3) is 16.7 Å². The molecule has 0 fully saturated rings. The van der Waals surface area contributed by atoms with Crippen LogP contribution in [0.4, 0.5) is 11.4 Å². The lowest BCUT2D eigenvalue weighted by molar-refractivity contribution is 0.843. The van der Waals surface area contributed by atoms with Crippen LogP contribution in [0.5, 0.6) is 0 Å². The summed E-state index contributed by atoms with van der Waals surface area (Å²) in [5.74, 6) is 0.245. The SMILES string of the molecule is C=C1/C=C\C(c2cc(C)c(N)cc2C)=C/C2c3ccccc3C1c1cc(-c3cc(C)c(N)cc3C)ccc12. The number of aryl methyl sites for hydroxylation is 4. The first-order chi connectivity index (χ1) is 18.2. The van der Waals surface area contributed by atoms with Crippen LogP contribution in [0, 0.1) is 27.7 Å². The fourth-order valence-corrected chi connectivity index (χ4v) is 6.25. The number of anilines is 2. The predicted molar refractivity (Wildman–Crippen MR) is 162 cm³/mol. The van der Waals surface area contributed by atoms with E-state index in [0.717, 1.165) is 28.1 Å². The molecule has 2 nitrogen and oxygen atoms in total. The zero-order valence-corrected chi connectivity index (χ0v) is 22.6. The van der Waals surface area contributed by atoms with Crippen LogP contribution < -0.4 is 11.5 Å². The molecule has 4 N–H and O–H groups in total. The summed E-state index contributed by atoms with van der Waals surface area (Å²) in [4.78, 5) is 0. The van der Waals surface area contributed by atoms with Gasteiger partial charge < -0.3 is 11.5 Å². The quantitative estimate of drug-likeness (QED) is 0.274. The Morgan fingerprint density at radius 3 is 1.92 bits per heavy atom. The van der Waals surface area contributed by atoms with Gasteiger partial charge in [0.25, 0.3) is 0 Å². The lowest BCUT2D eigenvalue weighted by atomic mass is 9.69. The Labute approximate surface area is 226 Å². The molecule has 2 bridgehead atoms. The summed E-state index contributed by atoms with van der Waals surface area (Å²) in [5, 5.41) is 0. The van der Waals surface area contributed by atoms with E-state index in [9.17, 15) is 0 Å². The van der Waals surface area contributed by atoms with Crippen molar-refractivity contribution in [1.82, 2.24) is 0 Å². The summed E-state index contributed by atoms with van der Waals surface area (Å²) in [6.45, 7) is 13.0. The second-order valence-electron chi connectivity index (χ2n) is 11.0. The van der Waals surface area contributed by atoms with Crippen LogP contribution >= 0.6 is 0 Å². The normalized spacial score (nSPS) is 20.0. The third-order valence-electron chi connectivity index (χ3n) is 8.42. The van der Waals surface area contributed by atoms with Gasteiger partial charge in [-0.3, -0.25) is 0 Å². The Kier molecular flexibility index (Phi) is 5.65. The highest BCUT2D eigenvalue weighted by molar-refractivity contribution is 5.82. The molecule has 4 aromatic rings. The number of allylic oxidation sites excluding steroid dienone is 5. The first-order valence-electron chi connectivity index (χ1n) is 13.3. The first-order valence-corrected chi connectivity index (χ1v) is 13.3. The Balaban J connectivity index is 1.61. The van der Waals surface area contributed by atoms with Gasteiger partial charge in [-0.25, -0.2) is 0 Å². The van der Waals surface area contributed by atoms with Gasteiger partial charge in [-0.1, -0.05) is 61.2 Å². The van der Waals surface area contributed by atoms with Gasteiger partial charge in [0.15, 0.2) is 0 Å². The summed E-state index contributed by atoms with van der Waals surface area (Å²) >= 11 is 0. The Morgan fingerprint density at radius 1 is 0.605 bits per heavy atom. The molecule has 0 radical (unpaired) electrons. The topological polar surface area (TPSA) is 52.0 Å². The van der Waals surface area contributed by atoms with Gasteiger partial charge in [-0.15, -0.1) is 0 Å². The molecule has 38 heavy (non-hydrogen) atoms. The van der Waals surface area contributed by atoms with Gasteiger partial charge in [0.1, 0.15) is 0 Å². The number of rotatable bonds is 2. The average Bonchev–Trinajstić information content (AvgIpc) is 2.99. The average molecular weight is 495 g/mol. The number of fused-ring (bicyclic) bond motifs is 3. The lowest BCUT2D eigenvalue weighted by Crippen LogP contribution is -2.18. The van der Waals surface area contributed by atoms with Gasteiger partial charge in [-0.05, 0) is 130 Å². The maximum absolute atomic E-state index is 6.24. The molecule has 0 aliphatic heterocycles. The second kappa shape index (κ2) is 8.92. The van der Waals surface area contributed by atoms with E-state index >= 15 is 0 Å². The van der Waals surface area contributed by atoms with Gasteiger partial charge >= 0.3 is 0 Å². The molecule has 2 aliphatic carbocycles. The summed E-state index contributed by atoms with van der Waals surface area (Å²) in [5.41, 5.74) is 30.0. The minimum Gasteiger partial charge on any atom is -0.399 e. The maximum Gasteiger partial charge on any atom is 0.0346 e. The van der Waals surface area contributed by atoms with Crippen molar-refractivity contribution in [3.8, 4) is 11.1 Å². The smallest absolute Gasteiger partial charge is 0.0346 e. The van der Waals surface area contributed by atoms with Gasteiger partial charge in [0.2, 0.25) is 0 Å². The largest absolute Gasteiger partial charge is 0.399 e. The van der Waals surface area contributed by atoms with E-state index in [1.54, 1.807) is 0 Å². The van der Waals surface area contributed by atoms with Gasteiger partial charge in [0.05, 0.1) is 0 Å². The fourth-order valence-electron chi connectivity index (χ4n) is 6.25. The van der Waals surface area contributed by atoms with E-state index in [1.807, 2.05) is 0 Å². The fraction of sp³-hybridized carbons (Fsp3) is 0.167. The minimum absolute atomic E-state index is 0.103. The van der Waals surface area contributed by atoms with Crippen molar-refractivity contribution in [2.24, 2.45) is 0 Å². The molecule has 6 rings (SSSR count). The first kappa shape index (κ1) is 24.1. The molecular weight excluding hydrogens is 460 g/mol. The Hall–Kier alpha value is -4.30. The zero-order chi connectivity index (χ0) is 26.7.